The number of anilines is 2. The second-order valence-corrected chi connectivity index (χ2v) is 8.85. The molecule has 3 N–H and O–H groups in total. The maximum atomic E-state index is 14.0. The van der Waals surface area contributed by atoms with E-state index in [0.29, 0.717) is 5.95 Å². The first-order valence-electron chi connectivity index (χ1n) is 9.80. The van der Waals surface area contributed by atoms with E-state index >= 15 is 0 Å². The molecule has 13 heteroatoms. The average Bonchev–Trinajstić information content (AvgIpc) is 3.45. The van der Waals surface area contributed by atoms with Crippen LogP contribution in [0, 0.1) is 12.7 Å². The molecule has 0 spiro atoms. The van der Waals surface area contributed by atoms with Crippen molar-refractivity contribution in [2.24, 2.45) is 0 Å². The van der Waals surface area contributed by atoms with Gasteiger partial charge in [-0.15, -0.1) is 10.2 Å². The Hall–Kier alpha value is -3.19. The highest BCUT2D eigenvalue weighted by Gasteiger charge is 2.19. The summed E-state index contributed by atoms with van der Waals surface area (Å²) in [6, 6.07) is 5.34. The maximum Gasteiger partial charge on any atom is 0.240 e. The predicted molar refractivity (Wildman–Crippen MR) is 111 cm³/mol. The van der Waals surface area contributed by atoms with Gasteiger partial charge in [0.15, 0.2) is 0 Å². The zero-order chi connectivity index (χ0) is 21.8. The highest BCUT2D eigenvalue weighted by Crippen LogP contribution is 2.22. The third kappa shape index (κ3) is 4.94. The molecule has 0 saturated carbocycles. The molecule has 0 bridgehead atoms. The highest BCUT2D eigenvalue weighted by molar-refractivity contribution is 7.89. The number of benzene rings is 1. The molecular weight excluding hydrogens is 425 g/mol. The summed E-state index contributed by atoms with van der Waals surface area (Å²) in [6.45, 7) is 4.21. The van der Waals surface area contributed by atoms with Gasteiger partial charge >= 0.3 is 0 Å². The van der Waals surface area contributed by atoms with E-state index < -0.39 is 15.8 Å². The summed E-state index contributed by atoms with van der Waals surface area (Å²) < 4.78 is 41.7. The Kier molecular flexibility index (Phi) is 6.04. The Morgan fingerprint density at radius 2 is 1.97 bits per heavy atom. The molecule has 0 aliphatic carbocycles. The molecule has 0 atom stereocenters. The van der Waals surface area contributed by atoms with E-state index in [0.717, 1.165) is 43.5 Å². The third-order valence-corrected chi connectivity index (χ3v) is 6.26. The van der Waals surface area contributed by atoms with Gasteiger partial charge in [-0.1, -0.05) is 0 Å². The van der Waals surface area contributed by atoms with Crippen LogP contribution in [0.1, 0.15) is 18.5 Å². The van der Waals surface area contributed by atoms with Crippen molar-refractivity contribution in [2.75, 3.05) is 36.4 Å². The fourth-order valence-electron chi connectivity index (χ4n) is 3.30. The van der Waals surface area contributed by atoms with Gasteiger partial charge in [0.1, 0.15) is 11.6 Å². The molecule has 1 fully saturated rings. The second kappa shape index (κ2) is 8.89. The van der Waals surface area contributed by atoms with Crippen LogP contribution in [0.25, 0.3) is 11.4 Å². The van der Waals surface area contributed by atoms with Crippen LogP contribution in [0.2, 0.25) is 0 Å². The molecule has 3 aromatic rings. The molecule has 4 rings (SSSR count). The van der Waals surface area contributed by atoms with Crippen molar-refractivity contribution in [1.82, 2.24) is 35.3 Å². The SMILES string of the molecule is Cc1cc(N2CCCC2)nc(NCCNS(=O)(=O)c2ccc(F)c(-c3nn[nH]n3)c2)n1. The van der Waals surface area contributed by atoms with E-state index in [-0.39, 0.29) is 29.4 Å². The average molecular weight is 448 g/mol. The van der Waals surface area contributed by atoms with Crippen LogP contribution in [0.15, 0.2) is 29.2 Å². The molecule has 1 aliphatic rings. The standard InChI is InChI=1S/C18H22FN9O2S/c1-12-10-16(28-8-2-3-9-28)23-18(22-12)20-6-7-21-31(29,30)13-4-5-15(19)14(11-13)17-24-26-27-25-17/h4-5,10-11,21H,2-3,6-9H2,1H3,(H,20,22,23)(H,24,25,26,27). The first-order chi connectivity index (χ1) is 14.9. The van der Waals surface area contributed by atoms with Crippen molar-refractivity contribution >= 4 is 21.8 Å². The lowest BCUT2D eigenvalue weighted by Gasteiger charge is -2.17. The van der Waals surface area contributed by atoms with Crippen molar-refractivity contribution in [2.45, 2.75) is 24.7 Å². The molecule has 1 aliphatic heterocycles. The molecule has 3 heterocycles. The first kappa shape index (κ1) is 21.1. The van der Waals surface area contributed by atoms with Gasteiger partial charge in [0.2, 0.25) is 21.8 Å². The molecular formula is C18H22FN9O2S. The summed E-state index contributed by atoms with van der Waals surface area (Å²) in [6.07, 6.45) is 2.29. The second-order valence-electron chi connectivity index (χ2n) is 7.09. The van der Waals surface area contributed by atoms with Gasteiger partial charge in [-0.2, -0.15) is 10.2 Å². The largest absolute Gasteiger partial charge is 0.356 e. The van der Waals surface area contributed by atoms with Gasteiger partial charge in [-0.05, 0) is 43.2 Å². The van der Waals surface area contributed by atoms with E-state index in [2.05, 4.69) is 45.5 Å². The van der Waals surface area contributed by atoms with Crippen molar-refractivity contribution < 1.29 is 12.8 Å². The van der Waals surface area contributed by atoms with E-state index in [9.17, 15) is 12.8 Å². The summed E-state index contributed by atoms with van der Waals surface area (Å²) in [7, 11) is -3.87. The summed E-state index contributed by atoms with van der Waals surface area (Å²) in [5.41, 5.74) is 0.776. The minimum Gasteiger partial charge on any atom is -0.356 e. The number of sulfonamides is 1. The minimum atomic E-state index is -3.87. The fraction of sp³-hybridized carbons (Fsp3) is 0.389. The number of nitrogens with zero attached hydrogens (tertiary/aromatic N) is 6. The van der Waals surface area contributed by atoms with E-state index in [1.165, 1.54) is 12.1 Å². The molecule has 1 aromatic carbocycles. The Labute approximate surface area is 178 Å². The molecule has 31 heavy (non-hydrogen) atoms. The number of H-pyrrole nitrogens is 1. The van der Waals surface area contributed by atoms with Crippen molar-refractivity contribution in [1.29, 1.82) is 0 Å². The number of rotatable bonds is 8. The summed E-state index contributed by atoms with van der Waals surface area (Å²) in [4.78, 5) is 11.0. The van der Waals surface area contributed by atoms with Crippen LogP contribution in [-0.4, -0.2) is 65.2 Å². The number of halogens is 1. The normalized spacial score (nSPS) is 14.2. The number of aromatic amines is 1. The minimum absolute atomic E-state index is 0.0263. The summed E-state index contributed by atoms with van der Waals surface area (Å²) in [5, 5.41) is 16.0. The Balaban J connectivity index is 1.38. The van der Waals surface area contributed by atoms with E-state index in [1.54, 1.807) is 0 Å². The van der Waals surface area contributed by atoms with Crippen LogP contribution < -0.4 is 14.9 Å². The lowest BCUT2D eigenvalue weighted by Crippen LogP contribution is -2.29. The van der Waals surface area contributed by atoms with Crippen molar-refractivity contribution in [3.8, 4) is 11.4 Å². The summed E-state index contributed by atoms with van der Waals surface area (Å²) >= 11 is 0. The lowest BCUT2D eigenvalue weighted by atomic mass is 10.2. The van der Waals surface area contributed by atoms with Gasteiger partial charge < -0.3 is 10.2 Å². The molecule has 0 amide bonds. The van der Waals surface area contributed by atoms with Crippen molar-refractivity contribution in [3.63, 3.8) is 0 Å². The number of hydrogen-bond donors (Lipinski definition) is 3. The quantitative estimate of drug-likeness (QED) is 0.433. The van der Waals surface area contributed by atoms with Gasteiger partial charge in [0, 0.05) is 37.9 Å². The Morgan fingerprint density at radius 3 is 2.71 bits per heavy atom. The van der Waals surface area contributed by atoms with Crippen LogP contribution in [-0.2, 0) is 10.0 Å². The van der Waals surface area contributed by atoms with E-state index in [4.69, 9.17) is 0 Å². The monoisotopic (exact) mass is 447 g/mol. The molecule has 0 unspecified atom stereocenters. The number of nitrogens with one attached hydrogen (secondary N) is 3. The van der Waals surface area contributed by atoms with Crippen LogP contribution in [0.5, 0.6) is 0 Å². The summed E-state index contributed by atoms with van der Waals surface area (Å²) in [5.74, 6) is 0.643. The first-order valence-corrected chi connectivity index (χ1v) is 11.3. The predicted octanol–water partition coefficient (Wildman–Crippen LogP) is 1.09. The van der Waals surface area contributed by atoms with Crippen molar-refractivity contribution in [3.05, 3.63) is 35.8 Å². The molecule has 2 aromatic heterocycles. The Bertz CT molecular complexity index is 1150. The van der Waals surface area contributed by atoms with E-state index in [1.807, 2.05) is 13.0 Å². The van der Waals surface area contributed by atoms with Crippen LogP contribution in [0.3, 0.4) is 0 Å². The number of hydrogen-bond acceptors (Lipinski definition) is 9. The molecule has 0 radical (unpaired) electrons. The Morgan fingerprint density at radius 1 is 1.16 bits per heavy atom. The van der Waals surface area contributed by atoms with Crippen LogP contribution in [0.4, 0.5) is 16.2 Å². The molecule has 164 valence electrons. The number of tetrazole rings is 1. The van der Waals surface area contributed by atoms with Crippen LogP contribution >= 0.6 is 0 Å². The van der Waals surface area contributed by atoms with Gasteiger partial charge in [0.05, 0.1) is 10.5 Å². The smallest absolute Gasteiger partial charge is 0.240 e. The maximum absolute atomic E-state index is 14.0. The highest BCUT2D eigenvalue weighted by atomic mass is 32.2. The van der Waals surface area contributed by atoms with Gasteiger partial charge in [-0.25, -0.2) is 22.5 Å². The zero-order valence-corrected chi connectivity index (χ0v) is 17.7. The zero-order valence-electron chi connectivity index (χ0n) is 16.8. The lowest BCUT2D eigenvalue weighted by molar-refractivity contribution is 0.582. The third-order valence-electron chi connectivity index (χ3n) is 4.81. The number of aromatic nitrogens is 6. The molecule has 11 nitrogen and oxygen atoms in total. The van der Waals surface area contributed by atoms with Gasteiger partial charge in [-0.3, -0.25) is 0 Å². The van der Waals surface area contributed by atoms with Gasteiger partial charge in [0.25, 0.3) is 0 Å². The topological polar surface area (TPSA) is 142 Å². The fourth-order valence-corrected chi connectivity index (χ4v) is 4.36. The molecule has 1 saturated heterocycles. The number of aryl methyl sites for hydroxylation is 1.